The molecule has 0 atom stereocenters. The van der Waals surface area contributed by atoms with Crippen molar-refractivity contribution >= 4 is 38.6 Å². The first-order valence-corrected chi connectivity index (χ1v) is 12.1. The molecule has 1 amide bonds. The smallest absolute Gasteiger partial charge is 0.268 e. The number of ether oxygens (including phenoxy) is 3. The number of sulfonamides is 1. The van der Waals surface area contributed by atoms with Gasteiger partial charge in [0.25, 0.3) is 10.0 Å². The molecule has 0 unspecified atom stereocenters. The van der Waals surface area contributed by atoms with Crippen molar-refractivity contribution in [3.8, 4) is 17.2 Å². The largest absolute Gasteiger partial charge is 0.495 e. The molecule has 1 aromatic heterocycles. The Labute approximate surface area is 190 Å². The Hall–Kier alpha value is -3.24. The van der Waals surface area contributed by atoms with Gasteiger partial charge in [-0.05, 0) is 41.8 Å². The Morgan fingerprint density at radius 2 is 1.91 bits per heavy atom. The van der Waals surface area contributed by atoms with Crippen molar-refractivity contribution in [2.45, 2.75) is 18.4 Å². The van der Waals surface area contributed by atoms with Gasteiger partial charge in [0.15, 0.2) is 11.5 Å². The molecule has 32 heavy (non-hydrogen) atoms. The molecule has 10 heteroatoms. The first-order chi connectivity index (χ1) is 15.4. The fourth-order valence-electron chi connectivity index (χ4n) is 3.32. The Kier molecular flexibility index (Phi) is 6.24. The third-order valence-electron chi connectivity index (χ3n) is 4.75. The lowest BCUT2D eigenvalue weighted by atomic mass is 10.2. The Bertz CT molecular complexity index is 1230. The van der Waals surface area contributed by atoms with Gasteiger partial charge in [-0.15, -0.1) is 11.3 Å². The van der Waals surface area contributed by atoms with E-state index in [0.717, 1.165) is 4.88 Å². The van der Waals surface area contributed by atoms with Crippen molar-refractivity contribution in [3.05, 3.63) is 58.8 Å². The minimum absolute atomic E-state index is 0.0577. The molecule has 2 aromatic carbocycles. The number of rotatable bonds is 7. The van der Waals surface area contributed by atoms with Gasteiger partial charge in [0.1, 0.15) is 23.9 Å². The first-order valence-electron chi connectivity index (χ1n) is 9.79. The number of amides is 1. The molecule has 4 rings (SSSR count). The van der Waals surface area contributed by atoms with Gasteiger partial charge in [-0.3, -0.25) is 9.10 Å². The summed E-state index contributed by atoms with van der Waals surface area (Å²) in [5, 5.41) is 4.51. The second-order valence-corrected chi connectivity index (χ2v) is 9.83. The van der Waals surface area contributed by atoms with Crippen LogP contribution in [0.2, 0.25) is 0 Å². The third-order valence-corrected chi connectivity index (χ3v) is 7.40. The molecular weight excluding hydrogens is 452 g/mol. The van der Waals surface area contributed by atoms with Gasteiger partial charge in [-0.2, -0.15) is 0 Å². The lowest BCUT2D eigenvalue weighted by molar-refractivity contribution is -0.114. The minimum atomic E-state index is -4.09. The molecule has 0 saturated carbocycles. The molecule has 1 aliphatic heterocycles. The van der Waals surface area contributed by atoms with Crippen molar-refractivity contribution in [2.75, 3.05) is 29.9 Å². The molecule has 0 fully saturated rings. The zero-order chi connectivity index (χ0) is 22.7. The maximum atomic E-state index is 13.9. The van der Waals surface area contributed by atoms with E-state index in [1.165, 1.54) is 41.8 Å². The van der Waals surface area contributed by atoms with E-state index in [1.54, 1.807) is 24.3 Å². The molecule has 168 valence electrons. The molecule has 0 aliphatic carbocycles. The number of anilines is 2. The van der Waals surface area contributed by atoms with Crippen LogP contribution in [-0.2, 0) is 21.4 Å². The minimum Gasteiger partial charge on any atom is -0.495 e. The SMILES string of the molecule is COc1ccc(NC(C)=O)cc1S(=O)(=O)N(Cc1cccs1)c1ccc2c(c1)OCCO2. The number of hydrogen-bond acceptors (Lipinski definition) is 7. The van der Waals surface area contributed by atoms with Gasteiger partial charge < -0.3 is 19.5 Å². The Morgan fingerprint density at radius 3 is 2.59 bits per heavy atom. The number of fused-ring (bicyclic) bond motifs is 1. The van der Waals surface area contributed by atoms with Crippen LogP contribution in [0.1, 0.15) is 11.8 Å². The highest BCUT2D eigenvalue weighted by Crippen LogP contribution is 2.38. The van der Waals surface area contributed by atoms with Gasteiger partial charge in [0, 0.05) is 23.6 Å². The van der Waals surface area contributed by atoms with Crippen LogP contribution in [0.3, 0.4) is 0 Å². The molecule has 8 nitrogen and oxygen atoms in total. The molecule has 2 heterocycles. The second kappa shape index (κ2) is 9.09. The summed E-state index contributed by atoms with van der Waals surface area (Å²) in [5.74, 6) is 0.923. The van der Waals surface area contributed by atoms with E-state index in [9.17, 15) is 13.2 Å². The second-order valence-electron chi connectivity index (χ2n) is 6.97. The summed E-state index contributed by atoms with van der Waals surface area (Å²) in [6.45, 7) is 2.31. The molecule has 0 saturated heterocycles. The Balaban J connectivity index is 1.83. The monoisotopic (exact) mass is 474 g/mol. The molecular formula is C22H22N2O6S2. The topological polar surface area (TPSA) is 94.2 Å². The van der Waals surface area contributed by atoms with Gasteiger partial charge in [-0.25, -0.2) is 8.42 Å². The number of nitrogens with zero attached hydrogens (tertiary/aromatic N) is 1. The highest BCUT2D eigenvalue weighted by atomic mass is 32.2. The zero-order valence-corrected chi connectivity index (χ0v) is 19.2. The van der Waals surface area contributed by atoms with Crippen molar-refractivity contribution in [1.29, 1.82) is 0 Å². The predicted octanol–water partition coefficient (Wildman–Crippen LogP) is 3.88. The summed E-state index contributed by atoms with van der Waals surface area (Å²) in [6.07, 6.45) is 0. The van der Waals surface area contributed by atoms with Crippen molar-refractivity contribution in [1.82, 2.24) is 0 Å². The summed E-state index contributed by atoms with van der Waals surface area (Å²) >= 11 is 1.46. The lowest BCUT2D eigenvalue weighted by Gasteiger charge is -2.27. The van der Waals surface area contributed by atoms with Crippen LogP contribution < -0.4 is 23.8 Å². The highest BCUT2D eigenvalue weighted by molar-refractivity contribution is 7.93. The van der Waals surface area contributed by atoms with Crippen LogP contribution in [0.25, 0.3) is 0 Å². The van der Waals surface area contributed by atoms with Crippen LogP contribution in [0, 0.1) is 0 Å². The summed E-state index contributed by atoms with van der Waals surface area (Å²) in [7, 11) is -2.69. The van der Waals surface area contributed by atoms with Crippen molar-refractivity contribution < 1.29 is 27.4 Å². The van der Waals surface area contributed by atoms with E-state index in [1.807, 2.05) is 17.5 Å². The van der Waals surface area contributed by atoms with Gasteiger partial charge in [0.2, 0.25) is 5.91 Å². The number of carbonyl (C=O) groups excluding carboxylic acids is 1. The van der Waals surface area contributed by atoms with Crippen LogP contribution in [0.4, 0.5) is 11.4 Å². The molecule has 0 bridgehead atoms. The first kappa shape index (κ1) is 22.0. The number of nitrogens with one attached hydrogen (secondary N) is 1. The predicted molar refractivity (Wildman–Crippen MR) is 122 cm³/mol. The summed E-state index contributed by atoms with van der Waals surface area (Å²) in [5.41, 5.74) is 0.782. The summed E-state index contributed by atoms with van der Waals surface area (Å²) in [6, 6.07) is 13.3. The third kappa shape index (κ3) is 4.51. The van der Waals surface area contributed by atoms with Crippen LogP contribution in [0.5, 0.6) is 17.2 Å². The maximum Gasteiger partial charge on any atom is 0.268 e. The van der Waals surface area contributed by atoms with Crippen LogP contribution in [0.15, 0.2) is 58.8 Å². The van der Waals surface area contributed by atoms with E-state index >= 15 is 0 Å². The molecule has 1 N–H and O–H groups in total. The Morgan fingerprint density at radius 1 is 1.12 bits per heavy atom. The maximum absolute atomic E-state index is 13.9. The summed E-state index contributed by atoms with van der Waals surface area (Å²) < 4.78 is 45.7. The standard InChI is InChI=1S/C22H22N2O6S2/c1-15(25)23-16-5-7-20(28-2)22(12-16)32(26,27)24(14-18-4-3-11-31-18)17-6-8-19-21(13-17)30-10-9-29-19/h3-8,11-13H,9-10,14H2,1-2H3,(H,23,25). The number of methoxy groups -OCH3 is 1. The number of thiophene rings is 1. The van der Waals surface area contributed by atoms with Crippen LogP contribution >= 0.6 is 11.3 Å². The zero-order valence-electron chi connectivity index (χ0n) is 17.5. The fourth-order valence-corrected chi connectivity index (χ4v) is 5.72. The molecule has 0 radical (unpaired) electrons. The van der Waals surface area contributed by atoms with Crippen molar-refractivity contribution in [3.63, 3.8) is 0 Å². The van der Waals surface area contributed by atoms with E-state index in [-0.39, 0.29) is 23.1 Å². The fraction of sp³-hybridized carbons (Fsp3) is 0.227. The average Bonchev–Trinajstić information content (AvgIpc) is 3.30. The number of hydrogen-bond donors (Lipinski definition) is 1. The van der Waals surface area contributed by atoms with E-state index in [2.05, 4.69) is 5.32 Å². The van der Waals surface area contributed by atoms with E-state index in [0.29, 0.717) is 36.1 Å². The van der Waals surface area contributed by atoms with Crippen LogP contribution in [-0.4, -0.2) is 34.6 Å². The normalized spacial score (nSPS) is 12.8. The van der Waals surface area contributed by atoms with E-state index < -0.39 is 10.0 Å². The van der Waals surface area contributed by atoms with Gasteiger partial charge in [-0.1, -0.05) is 6.07 Å². The lowest BCUT2D eigenvalue weighted by Crippen LogP contribution is -2.31. The number of benzene rings is 2. The quantitative estimate of drug-likeness (QED) is 0.559. The molecule has 0 spiro atoms. The van der Waals surface area contributed by atoms with E-state index in [4.69, 9.17) is 14.2 Å². The number of carbonyl (C=O) groups is 1. The molecule has 3 aromatic rings. The highest BCUT2D eigenvalue weighted by Gasteiger charge is 2.30. The van der Waals surface area contributed by atoms with Gasteiger partial charge in [0.05, 0.1) is 19.3 Å². The molecule has 1 aliphatic rings. The van der Waals surface area contributed by atoms with Crippen molar-refractivity contribution in [2.24, 2.45) is 0 Å². The summed E-state index contributed by atoms with van der Waals surface area (Å²) in [4.78, 5) is 12.3. The van der Waals surface area contributed by atoms with Gasteiger partial charge >= 0.3 is 0 Å². The average molecular weight is 475 g/mol.